The molecule has 1 aromatic rings. The van der Waals surface area contributed by atoms with Crippen molar-refractivity contribution in [3.63, 3.8) is 0 Å². The predicted molar refractivity (Wildman–Crippen MR) is 84.9 cm³/mol. The van der Waals surface area contributed by atoms with Gasteiger partial charge in [0.1, 0.15) is 0 Å². The lowest BCUT2D eigenvalue weighted by molar-refractivity contribution is -0.124. The molecule has 0 aliphatic heterocycles. The van der Waals surface area contributed by atoms with Gasteiger partial charge < -0.3 is 10.6 Å². The largest absolute Gasteiger partial charge is 0.350 e. The molecule has 0 saturated heterocycles. The molecule has 1 atom stereocenters. The van der Waals surface area contributed by atoms with E-state index >= 15 is 0 Å². The fraction of sp³-hybridized carbons (Fsp3) is 0.588. The van der Waals surface area contributed by atoms with Crippen LogP contribution in [0.3, 0.4) is 0 Å². The number of amides is 1. The molecular formula is C17H28N2O. The van der Waals surface area contributed by atoms with Crippen molar-refractivity contribution < 1.29 is 4.79 Å². The standard InChI is InChI=1S/C17H28N2O/c1-6-17(4,5)19-16(20)14(3)18-11-10-15-9-7-8-13(2)12-15/h7-9,12,14,18H,6,10-11H2,1-5H3,(H,19,20). The van der Waals surface area contributed by atoms with E-state index in [1.165, 1.54) is 11.1 Å². The lowest BCUT2D eigenvalue weighted by Gasteiger charge is -2.26. The van der Waals surface area contributed by atoms with Gasteiger partial charge in [-0.3, -0.25) is 4.79 Å². The van der Waals surface area contributed by atoms with E-state index in [-0.39, 0.29) is 17.5 Å². The number of benzene rings is 1. The first kappa shape index (κ1) is 16.7. The van der Waals surface area contributed by atoms with Crippen LogP contribution in [0.4, 0.5) is 0 Å². The van der Waals surface area contributed by atoms with Crippen molar-refractivity contribution >= 4 is 5.91 Å². The Morgan fingerprint density at radius 1 is 1.35 bits per heavy atom. The minimum Gasteiger partial charge on any atom is -0.350 e. The van der Waals surface area contributed by atoms with Gasteiger partial charge in [0.25, 0.3) is 0 Å². The molecule has 0 radical (unpaired) electrons. The van der Waals surface area contributed by atoms with Gasteiger partial charge >= 0.3 is 0 Å². The van der Waals surface area contributed by atoms with Crippen LogP contribution < -0.4 is 10.6 Å². The topological polar surface area (TPSA) is 41.1 Å². The summed E-state index contributed by atoms with van der Waals surface area (Å²) in [4.78, 5) is 12.0. The molecular weight excluding hydrogens is 248 g/mol. The number of hydrogen-bond donors (Lipinski definition) is 2. The van der Waals surface area contributed by atoms with Crippen LogP contribution in [0.25, 0.3) is 0 Å². The second-order valence-electron chi connectivity index (χ2n) is 6.14. The van der Waals surface area contributed by atoms with Gasteiger partial charge in [-0.1, -0.05) is 36.8 Å². The van der Waals surface area contributed by atoms with Crippen molar-refractivity contribution in [1.29, 1.82) is 0 Å². The highest BCUT2D eigenvalue weighted by atomic mass is 16.2. The van der Waals surface area contributed by atoms with E-state index in [0.717, 1.165) is 19.4 Å². The van der Waals surface area contributed by atoms with Gasteiger partial charge in [-0.2, -0.15) is 0 Å². The van der Waals surface area contributed by atoms with E-state index < -0.39 is 0 Å². The van der Waals surface area contributed by atoms with Gasteiger partial charge in [-0.15, -0.1) is 0 Å². The molecule has 112 valence electrons. The Morgan fingerprint density at radius 3 is 2.65 bits per heavy atom. The first-order valence-corrected chi connectivity index (χ1v) is 7.45. The van der Waals surface area contributed by atoms with Crippen molar-refractivity contribution in [2.75, 3.05) is 6.54 Å². The molecule has 0 aliphatic carbocycles. The van der Waals surface area contributed by atoms with Crippen LogP contribution >= 0.6 is 0 Å². The SMILES string of the molecule is CCC(C)(C)NC(=O)C(C)NCCc1cccc(C)c1. The van der Waals surface area contributed by atoms with Crippen LogP contribution in [0.2, 0.25) is 0 Å². The molecule has 20 heavy (non-hydrogen) atoms. The molecule has 0 fully saturated rings. The summed E-state index contributed by atoms with van der Waals surface area (Å²) in [6.07, 6.45) is 1.87. The molecule has 1 unspecified atom stereocenters. The van der Waals surface area contributed by atoms with Crippen LogP contribution in [0, 0.1) is 6.92 Å². The first-order chi connectivity index (χ1) is 9.34. The van der Waals surface area contributed by atoms with Crippen molar-refractivity contribution in [2.45, 2.75) is 59.0 Å². The number of rotatable bonds is 7. The Labute approximate surface area is 123 Å². The van der Waals surface area contributed by atoms with Gasteiger partial charge in [0.15, 0.2) is 0 Å². The zero-order valence-corrected chi connectivity index (χ0v) is 13.4. The summed E-state index contributed by atoms with van der Waals surface area (Å²) in [5, 5.41) is 6.35. The number of carbonyl (C=O) groups is 1. The first-order valence-electron chi connectivity index (χ1n) is 7.45. The summed E-state index contributed by atoms with van der Waals surface area (Å²) < 4.78 is 0. The third-order valence-corrected chi connectivity index (χ3v) is 3.69. The average molecular weight is 276 g/mol. The Balaban J connectivity index is 2.36. The quantitative estimate of drug-likeness (QED) is 0.804. The monoisotopic (exact) mass is 276 g/mol. The third kappa shape index (κ3) is 5.74. The Morgan fingerprint density at radius 2 is 2.05 bits per heavy atom. The Hall–Kier alpha value is -1.35. The number of carbonyl (C=O) groups excluding carboxylic acids is 1. The molecule has 1 rings (SSSR count). The van der Waals surface area contributed by atoms with Gasteiger partial charge in [-0.05, 0) is 52.6 Å². The van der Waals surface area contributed by atoms with Gasteiger partial charge in [0.2, 0.25) is 5.91 Å². The van der Waals surface area contributed by atoms with E-state index in [2.05, 4.69) is 48.7 Å². The fourth-order valence-corrected chi connectivity index (χ4v) is 1.92. The minimum atomic E-state index is -0.161. The summed E-state index contributed by atoms with van der Waals surface area (Å²) in [6.45, 7) is 11.0. The molecule has 0 heterocycles. The molecule has 1 aromatic carbocycles. The average Bonchev–Trinajstić information content (AvgIpc) is 2.38. The molecule has 3 nitrogen and oxygen atoms in total. The van der Waals surface area contributed by atoms with Crippen LogP contribution in [-0.4, -0.2) is 24.0 Å². The van der Waals surface area contributed by atoms with Crippen LogP contribution in [0.1, 0.15) is 45.2 Å². The smallest absolute Gasteiger partial charge is 0.237 e. The van der Waals surface area contributed by atoms with Crippen LogP contribution in [0.5, 0.6) is 0 Å². The maximum atomic E-state index is 12.0. The lowest BCUT2D eigenvalue weighted by Crippen LogP contribution is -2.50. The van der Waals surface area contributed by atoms with Gasteiger partial charge in [-0.25, -0.2) is 0 Å². The Bertz CT molecular complexity index is 440. The summed E-state index contributed by atoms with van der Waals surface area (Å²) in [7, 11) is 0. The number of hydrogen-bond acceptors (Lipinski definition) is 2. The second kappa shape index (κ2) is 7.44. The molecule has 0 aromatic heterocycles. The zero-order valence-electron chi connectivity index (χ0n) is 13.4. The van der Waals surface area contributed by atoms with Crippen molar-refractivity contribution in [2.24, 2.45) is 0 Å². The minimum absolute atomic E-state index is 0.0705. The number of nitrogens with one attached hydrogen (secondary N) is 2. The summed E-state index contributed by atoms with van der Waals surface area (Å²) in [5.41, 5.74) is 2.45. The Kier molecular flexibility index (Phi) is 6.21. The second-order valence-corrected chi connectivity index (χ2v) is 6.14. The molecule has 0 spiro atoms. The highest BCUT2D eigenvalue weighted by molar-refractivity contribution is 5.81. The maximum Gasteiger partial charge on any atom is 0.237 e. The van der Waals surface area contributed by atoms with Crippen molar-refractivity contribution in [3.8, 4) is 0 Å². The number of aryl methyl sites for hydroxylation is 1. The molecule has 0 saturated carbocycles. The lowest BCUT2D eigenvalue weighted by atomic mass is 10.0. The molecule has 2 N–H and O–H groups in total. The van der Waals surface area contributed by atoms with E-state index in [9.17, 15) is 4.79 Å². The van der Waals surface area contributed by atoms with E-state index in [1.807, 2.05) is 20.8 Å². The van der Waals surface area contributed by atoms with Gasteiger partial charge in [0.05, 0.1) is 6.04 Å². The molecule has 1 amide bonds. The van der Waals surface area contributed by atoms with E-state index in [1.54, 1.807) is 0 Å². The summed E-state index contributed by atoms with van der Waals surface area (Å²) in [6, 6.07) is 8.32. The zero-order chi connectivity index (χ0) is 15.2. The highest BCUT2D eigenvalue weighted by Gasteiger charge is 2.21. The third-order valence-electron chi connectivity index (χ3n) is 3.69. The fourth-order valence-electron chi connectivity index (χ4n) is 1.92. The van der Waals surface area contributed by atoms with Crippen LogP contribution in [-0.2, 0) is 11.2 Å². The molecule has 0 aliphatic rings. The van der Waals surface area contributed by atoms with E-state index in [4.69, 9.17) is 0 Å². The van der Waals surface area contributed by atoms with Gasteiger partial charge in [0, 0.05) is 5.54 Å². The van der Waals surface area contributed by atoms with Crippen molar-refractivity contribution in [3.05, 3.63) is 35.4 Å². The van der Waals surface area contributed by atoms with Crippen LogP contribution in [0.15, 0.2) is 24.3 Å². The van der Waals surface area contributed by atoms with E-state index in [0.29, 0.717) is 0 Å². The maximum absolute atomic E-state index is 12.0. The summed E-state index contributed by atoms with van der Waals surface area (Å²) in [5.74, 6) is 0.0705. The normalized spacial score (nSPS) is 13.1. The predicted octanol–water partition coefficient (Wildman–Crippen LogP) is 2.82. The molecule has 3 heteroatoms. The summed E-state index contributed by atoms with van der Waals surface area (Å²) >= 11 is 0. The highest BCUT2D eigenvalue weighted by Crippen LogP contribution is 2.07. The molecule has 0 bridgehead atoms. The van der Waals surface area contributed by atoms with Crippen molar-refractivity contribution in [1.82, 2.24) is 10.6 Å².